The van der Waals surface area contributed by atoms with Crippen molar-refractivity contribution >= 4 is 34.1 Å². The first-order valence-electron chi connectivity index (χ1n) is 23.3. The van der Waals surface area contributed by atoms with Gasteiger partial charge in [0.05, 0.1) is 13.2 Å². The maximum atomic E-state index is 6.64. The number of anilines is 6. The van der Waals surface area contributed by atoms with Gasteiger partial charge in [0.2, 0.25) is 0 Å². The second-order valence-corrected chi connectivity index (χ2v) is 17.7. The van der Waals surface area contributed by atoms with Crippen LogP contribution in [0.1, 0.15) is 97.1 Å². The maximum absolute atomic E-state index is 6.64. The molecule has 0 heterocycles. The predicted octanol–water partition coefficient (Wildman–Crippen LogP) is 17.5. The molecule has 0 aliphatic carbocycles. The van der Waals surface area contributed by atoms with Gasteiger partial charge in [0.25, 0.3) is 0 Å². The van der Waals surface area contributed by atoms with E-state index in [2.05, 4.69) is 221 Å². The van der Waals surface area contributed by atoms with E-state index >= 15 is 0 Å². The number of rotatable bonds is 20. The molecule has 0 aromatic heterocycles. The molecule has 7 aromatic carbocycles. The molecule has 7 aromatic rings. The van der Waals surface area contributed by atoms with Crippen LogP contribution in [0, 0.1) is 6.92 Å². The Morgan fingerprint density at radius 1 is 0.397 bits per heavy atom. The van der Waals surface area contributed by atoms with Crippen molar-refractivity contribution in [1.82, 2.24) is 0 Å². The standard InChI is InChI=1S/C59H66N2O2/c1-7-9-11-19-41-62-57-44-56(59(4,5)6)58(63-42-20-12-10-8-2)43-55(57)48-31-39-54(40-32-48)61(50-23-17-14-18-24-50)53-37-29-47(30-38-53)46-27-35-52(36-28-46)60(49-21-15-13-16-22-49)51-33-25-45(3)26-34-51/h13-18,21-40,43-44H,7-12,19-20,41-42H2,1-6H3. The van der Waals surface area contributed by atoms with Crippen molar-refractivity contribution in [3.8, 4) is 33.8 Å². The van der Waals surface area contributed by atoms with E-state index in [9.17, 15) is 0 Å². The van der Waals surface area contributed by atoms with Crippen LogP contribution in [0.2, 0.25) is 0 Å². The highest BCUT2D eigenvalue weighted by atomic mass is 16.5. The monoisotopic (exact) mass is 835 g/mol. The van der Waals surface area contributed by atoms with Crippen LogP contribution < -0.4 is 19.3 Å². The number of unbranched alkanes of at least 4 members (excludes halogenated alkanes) is 6. The molecule has 7 rings (SSSR count). The van der Waals surface area contributed by atoms with Crippen molar-refractivity contribution < 1.29 is 9.47 Å². The van der Waals surface area contributed by atoms with Gasteiger partial charge in [-0.25, -0.2) is 0 Å². The number of benzene rings is 7. The van der Waals surface area contributed by atoms with E-state index in [0.717, 1.165) is 76.2 Å². The van der Waals surface area contributed by atoms with E-state index in [1.165, 1.54) is 60.8 Å². The molecular weight excluding hydrogens is 769 g/mol. The lowest BCUT2D eigenvalue weighted by Gasteiger charge is -2.27. The summed E-state index contributed by atoms with van der Waals surface area (Å²) in [5.41, 5.74) is 13.5. The first-order valence-corrected chi connectivity index (χ1v) is 23.3. The Kier molecular flexibility index (Phi) is 15.4. The fourth-order valence-corrected chi connectivity index (χ4v) is 8.17. The Hall–Kier alpha value is -6.26. The van der Waals surface area contributed by atoms with Gasteiger partial charge in [0, 0.05) is 45.3 Å². The van der Waals surface area contributed by atoms with Gasteiger partial charge in [-0.05, 0) is 127 Å². The van der Waals surface area contributed by atoms with Gasteiger partial charge in [0.15, 0.2) is 0 Å². The molecule has 0 N–H and O–H groups in total. The molecule has 0 aliphatic rings. The van der Waals surface area contributed by atoms with E-state index in [1.54, 1.807) is 0 Å². The zero-order valence-corrected chi connectivity index (χ0v) is 38.4. The van der Waals surface area contributed by atoms with Crippen molar-refractivity contribution in [2.24, 2.45) is 0 Å². The first-order chi connectivity index (χ1) is 30.7. The van der Waals surface area contributed by atoms with E-state index < -0.39 is 0 Å². The molecule has 0 spiro atoms. The predicted molar refractivity (Wildman–Crippen MR) is 269 cm³/mol. The number of ether oxygens (including phenoxy) is 2. The normalized spacial score (nSPS) is 11.3. The molecule has 0 fully saturated rings. The Morgan fingerprint density at radius 2 is 0.778 bits per heavy atom. The highest BCUT2D eigenvalue weighted by molar-refractivity contribution is 5.82. The molecule has 0 unspecified atom stereocenters. The summed E-state index contributed by atoms with van der Waals surface area (Å²) >= 11 is 0. The number of hydrogen-bond acceptors (Lipinski definition) is 4. The maximum Gasteiger partial charge on any atom is 0.127 e. The van der Waals surface area contributed by atoms with Gasteiger partial charge in [-0.15, -0.1) is 0 Å². The van der Waals surface area contributed by atoms with Crippen molar-refractivity contribution in [2.75, 3.05) is 23.0 Å². The van der Waals surface area contributed by atoms with Gasteiger partial charge in [-0.1, -0.05) is 164 Å². The van der Waals surface area contributed by atoms with Gasteiger partial charge < -0.3 is 19.3 Å². The molecule has 63 heavy (non-hydrogen) atoms. The highest BCUT2D eigenvalue weighted by Crippen LogP contribution is 2.43. The SMILES string of the molecule is CCCCCCOc1cc(C(C)(C)C)c(OCCCCCC)cc1-c1ccc(N(c2ccccc2)c2ccc(-c3ccc(N(c4ccccc4)c4ccc(C)cc4)cc3)cc2)cc1. The molecule has 0 atom stereocenters. The van der Waals surface area contributed by atoms with Crippen LogP contribution >= 0.6 is 0 Å². The van der Waals surface area contributed by atoms with Gasteiger partial charge in [-0.2, -0.15) is 0 Å². The molecule has 324 valence electrons. The molecular formula is C59H66N2O2. The number of aryl methyl sites for hydroxylation is 1. The summed E-state index contributed by atoms with van der Waals surface area (Å²) in [4.78, 5) is 4.63. The van der Waals surface area contributed by atoms with Crippen LogP contribution in [0.3, 0.4) is 0 Å². The first kappa shape index (κ1) is 44.8. The summed E-state index contributed by atoms with van der Waals surface area (Å²) in [6.45, 7) is 14.8. The minimum atomic E-state index is -0.0953. The van der Waals surface area contributed by atoms with Crippen LogP contribution in [0.5, 0.6) is 11.5 Å². The zero-order valence-electron chi connectivity index (χ0n) is 38.4. The largest absolute Gasteiger partial charge is 0.493 e. The molecule has 0 bridgehead atoms. The summed E-state index contributed by atoms with van der Waals surface area (Å²) in [5.74, 6) is 1.88. The topological polar surface area (TPSA) is 24.9 Å². The Balaban J connectivity index is 1.18. The summed E-state index contributed by atoms with van der Waals surface area (Å²) in [6, 6.07) is 61.1. The summed E-state index contributed by atoms with van der Waals surface area (Å²) in [6.07, 6.45) is 9.35. The lowest BCUT2D eigenvalue weighted by atomic mass is 9.84. The second kappa shape index (κ2) is 21.7. The molecule has 4 nitrogen and oxygen atoms in total. The van der Waals surface area contributed by atoms with E-state index in [4.69, 9.17) is 9.47 Å². The van der Waals surface area contributed by atoms with Crippen LogP contribution in [-0.4, -0.2) is 13.2 Å². The van der Waals surface area contributed by atoms with Crippen molar-refractivity contribution in [3.63, 3.8) is 0 Å². The number of para-hydroxylation sites is 2. The van der Waals surface area contributed by atoms with Crippen LogP contribution in [-0.2, 0) is 5.41 Å². The van der Waals surface area contributed by atoms with E-state index in [0.29, 0.717) is 6.61 Å². The van der Waals surface area contributed by atoms with Crippen LogP contribution in [0.25, 0.3) is 22.3 Å². The van der Waals surface area contributed by atoms with Gasteiger partial charge in [0.1, 0.15) is 11.5 Å². The molecule has 0 saturated carbocycles. The lowest BCUT2D eigenvalue weighted by molar-refractivity contribution is 0.291. The average molecular weight is 835 g/mol. The molecule has 0 saturated heterocycles. The molecule has 0 radical (unpaired) electrons. The van der Waals surface area contributed by atoms with Crippen LogP contribution in [0.4, 0.5) is 34.1 Å². The van der Waals surface area contributed by atoms with E-state index in [1.807, 2.05) is 0 Å². The number of hydrogen-bond donors (Lipinski definition) is 0. The number of nitrogens with zero attached hydrogens (tertiary/aromatic N) is 2. The third-order valence-electron chi connectivity index (χ3n) is 11.7. The van der Waals surface area contributed by atoms with Crippen LogP contribution in [0.15, 0.2) is 170 Å². The smallest absolute Gasteiger partial charge is 0.127 e. The Morgan fingerprint density at radius 3 is 1.19 bits per heavy atom. The fourth-order valence-electron chi connectivity index (χ4n) is 8.17. The minimum Gasteiger partial charge on any atom is -0.493 e. The Bertz CT molecular complexity index is 2440. The van der Waals surface area contributed by atoms with E-state index in [-0.39, 0.29) is 5.41 Å². The summed E-state index contributed by atoms with van der Waals surface area (Å²) in [7, 11) is 0. The fraction of sp³-hybridized carbons (Fsp3) is 0.288. The summed E-state index contributed by atoms with van der Waals surface area (Å²) < 4.78 is 13.2. The molecule has 0 amide bonds. The second-order valence-electron chi connectivity index (χ2n) is 17.7. The summed E-state index contributed by atoms with van der Waals surface area (Å²) in [5, 5.41) is 0. The quantitative estimate of drug-likeness (QED) is 0.0714. The van der Waals surface area contributed by atoms with Crippen molar-refractivity contribution in [1.29, 1.82) is 0 Å². The van der Waals surface area contributed by atoms with Crippen molar-refractivity contribution in [2.45, 2.75) is 98.3 Å². The third-order valence-corrected chi connectivity index (χ3v) is 11.7. The lowest BCUT2D eigenvalue weighted by Crippen LogP contribution is -2.15. The highest BCUT2D eigenvalue weighted by Gasteiger charge is 2.24. The zero-order chi connectivity index (χ0) is 44.0. The molecule has 0 aliphatic heterocycles. The average Bonchev–Trinajstić information content (AvgIpc) is 3.31. The van der Waals surface area contributed by atoms with Gasteiger partial charge >= 0.3 is 0 Å². The minimum absolute atomic E-state index is 0.0953. The van der Waals surface area contributed by atoms with Crippen molar-refractivity contribution in [3.05, 3.63) is 181 Å². The molecule has 4 heteroatoms. The Labute approximate surface area is 378 Å². The van der Waals surface area contributed by atoms with Gasteiger partial charge in [-0.3, -0.25) is 0 Å². The third kappa shape index (κ3) is 11.6.